The van der Waals surface area contributed by atoms with Crippen LogP contribution in [0.15, 0.2) is 58.3 Å². The second-order valence-corrected chi connectivity index (χ2v) is 10.2. The summed E-state index contributed by atoms with van der Waals surface area (Å²) < 4.78 is 55.4. The number of morpholine rings is 1. The summed E-state index contributed by atoms with van der Waals surface area (Å²) in [6.45, 7) is 1.26. The van der Waals surface area contributed by atoms with Crippen molar-refractivity contribution in [2.45, 2.75) is 9.79 Å². The Hall–Kier alpha value is -2.27. The van der Waals surface area contributed by atoms with Gasteiger partial charge < -0.3 is 10.1 Å². The fraction of sp³-hybridized carbons (Fsp3) is 0.278. The first-order chi connectivity index (χ1) is 13.2. The van der Waals surface area contributed by atoms with Gasteiger partial charge in [0.05, 0.1) is 28.7 Å². The minimum atomic E-state index is -3.65. The molecule has 10 heteroatoms. The molecule has 0 radical (unpaired) electrons. The lowest BCUT2D eigenvalue weighted by Crippen LogP contribution is -2.40. The number of anilines is 1. The molecule has 1 saturated heterocycles. The van der Waals surface area contributed by atoms with E-state index in [0.29, 0.717) is 13.2 Å². The number of hydrogen-bond donors (Lipinski definition) is 1. The maximum atomic E-state index is 12.6. The topological polar surface area (TPSA) is 110 Å². The van der Waals surface area contributed by atoms with E-state index in [4.69, 9.17) is 4.74 Å². The van der Waals surface area contributed by atoms with Gasteiger partial charge >= 0.3 is 0 Å². The van der Waals surface area contributed by atoms with Crippen LogP contribution in [-0.2, 0) is 24.6 Å². The molecule has 0 spiro atoms. The Labute approximate surface area is 164 Å². The van der Waals surface area contributed by atoms with E-state index in [1.807, 2.05) is 0 Å². The van der Waals surface area contributed by atoms with E-state index in [9.17, 15) is 21.6 Å². The van der Waals surface area contributed by atoms with Crippen LogP contribution in [0.4, 0.5) is 5.69 Å². The van der Waals surface area contributed by atoms with Gasteiger partial charge in [-0.2, -0.15) is 4.31 Å². The molecular weight excluding hydrogens is 404 g/mol. The molecule has 0 unspecified atom stereocenters. The van der Waals surface area contributed by atoms with Crippen LogP contribution in [0.2, 0.25) is 0 Å². The summed E-state index contributed by atoms with van der Waals surface area (Å²) in [6.07, 6.45) is 1.06. The number of amides is 1. The van der Waals surface area contributed by atoms with E-state index >= 15 is 0 Å². The van der Waals surface area contributed by atoms with E-state index in [2.05, 4.69) is 5.32 Å². The van der Waals surface area contributed by atoms with Gasteiger partial charge in [0.2, 0.25) is 10.0 Å². The summed E-state index contributed by atoms with van der Waals surface area (Å²) in [4.78, 5) is 12.6. The van der Waals surface area contributed by atoms with Crippen LogP contribution >= 0.6 is 0 Å². The Morgan fingerprint density at radius 2 is 1.57 bits per heavy atom. The number of para-hydroxylation sites is 1. The van der Waals surface area contributed by atoms with E-state index in [1.54, 1.807) is 12.1 Å². The number of carbonyl (C=O) groups is 1. The fourth-order valence-corrected chi connectivity index (χ4v) is 5.05. The number of rotatable bonds is 5. The number of hydrogen-bond acceptors (Lipinski definition) is 6. The Bertz CT molecular complexity index is 1070. The first-order valence-corrected chi connectivity index (χ1v) is 11.8. The monoisotopic (exact) mass is 424 g/mol. The third-order valence-electron chi connectivity index (χ3n) is 4.26. The maximum absolute atomic E-state index is 12.6. The van der Waals surface area contributed by atoms with Crippen molar-refractivity contribution >= 4 is 31.5 Å². The highest BCUT2D eigenvalue weighted by Crippen LogP contribution is 2.22. The fourth-order valence-electron chi connectivity index (χ4n) is 2.80. The molecule has 150 valence electrons. The Morgan fingerprint density at radius 3 is 2.18 bits per heavy atom. The second-order valence-electron chi connectivity index (χ2n) is 6.26. The maximum Gasteiger partial charge on any atom is 0.255 e. The zero-order chi connectivity index (χ0) is 20.4. The summed E-state index contributed by atoms with van der Waals surface area (Å²) in [5.74, 6) is -0.536. The van der Waals surface area contributed by atoms with Gasteiger partial charge in [0.25, 0.3) is 5.91 Å². The third kappa shape index (κ3) is 4.41. The first-order valence-electron chi connectivity index (χ1n) is 8.48. The lowest BCUT2D eigenvalue weighted by atomic mass is 10.2. The molecule has 0 saturated carbocycles. The number of benzene rings is 2. The zero-order valence-corrected chi connectivity index (χ0v) is 16.8. The van der Waals surface area contributed by atoms with Gasteiger partial charge in [-0.05, 0) is 36.4 Å². The zero-order valence-electron chi connectivity index (χ0n) is 15.2. The summed E-state index contributed by atoms with van der Waals surface area (Å²) in [6, 6.07) is 11.6. The Kier molecular flexibility index (Phi) is 5.84. The van der Waals surface area contributed by atoms with Crippen LogP contribution in [0.3, 0.4) is 0 Å². The van der Waals surface area contributed by atoms with Gasteiger partial charge in [0.15, 0.2) is 9.84 Å². The van der Waals surface area contributed by atoms with Crippen molar-refractivity contribution in [3.8, 4) is 0 Å². The number of ether oxygens (including phenoxy) is 1. The smallest absolute Gasteiger partial charge is 0.255 e. The third-order valence-corrected chi connectivity index (χ3v) is 7.33. The van der Waals surface area contributed by atoms with Crippen molar-refractivity contribution in [2.75, 3.05) is 37.9 Å². The summed E-state index contributed by atoms with van der Waals surface area (Å²) in [5, 5.41) is 2.56. The minimum Gasteiger partial charge on any atom is -0.379 e. The van der Waals surface area contributed by atoms with Gasteiger partial charge in [-0.15, -0.1) is 0 Å². The molecule has 0 bridgehead atoms. The van der Waals surface area contributed by atoms with Crippen LogP contribution in [0.5, 0.6) is 0 Å². The van der Waals surface area contributed by atoms with Crippen LogP contribution < -0.4 is 5.32 Å². The van der Waals surface area contributed by atoms with Crippen LogP contribution in [0, 0.1) is 0 Å². The molecule has 1 aliphatic heterocycles. The lowest BCUT2D eigenvalue weighted by Gasteiger charge is -2.26. The van der Waals surface area contributed by atoms with Crippen molar-refractivity contribution < 1.29 is 26.4 Å². The molecule has 0 aromatic heterocycles. The molecule has 1 heterocycles. The second kappa shape index (κ2) is 8.00. The molecule has 3 rings (SSSR count). The van der Waals surface area contributed by atoms with Crippen molar-refractivity contribution in [2.24, 2.45) is 0 Å². The number of nitrogens with zero attached hydrogens (tertiary/aromatic N) is 1. The molecule has 2 aromatic carbocycles. The number of nitrogens with one attached hydrogen (secondary N) is 1. The van der Waals surface area contributed by atoms with E-state index in [1.165, 1.54) is 40.7 Å². The standard InChI is InChI=1S/C18H20N2O6S2/c1-27(22,23)17-5-3-2-4-16(17)19-18(21)14-6-8-15(9-7-14)28(24,25)20-10-12-26-13-11-20/h2-9H,10-13H2,1H3,(H,19,21). The molecule has 0 atom stereocenters. The molecule has 1 fully saturated rings. The largest absolute Gasteiger partial charge is 0.379 e. The predicted octanol–water partition coefficient (Wildman–Crippen LogP) is 1.36. The lowest BCUT2D eigenvalue weighted by molar-refractivity contribution is 0.0730. The summed E-state index contributed by atoms with van der Waals surface area (Å²) in [7, 11) is -7.16. The van der Waals surface area contributed by atoms with E-state index < -0.39 is 25.8 Å². The van der Waals surface area contributed by atoms with Crippen LogP contribution in [0.25, 0.3) is 0 Å². The number of sulfonamides is 1. The highest BCUT2D eigenvalue weighted by Gasteiger charge is 2.26. The molecule has 28 heavy (non-hydrogen) atoms. The normalized spacial score (nSPS) is 15.9. The molecule has 0 aliphatic carbocycles. The Morgan fingerprint density at radius 1 is 0.964 bits per heavy atom. The van der Waals surface area contributed by atoms with Gasteiger partial charge in [-0.25, -0.2) is 16.8 Å². The van der Waals surface area contributed by atoms with Gasteiger partial charge in [-0.3, -0.25) is 4.79 Å². The molecule has 8 nitrogen and oxygen atoms in total. The van der Waals surface area contributed by atoms with E-state index in [-0.39, 0.29) is 34.1 Å². The van der Waals surface area contributed by atoms with Crippen LogP contribution in [-0.4, -0.2) is 59.6 Å². The van der Waals surface area contributed by atoms with Crippen molar-refractivity contribution in [3.63, 3.8) is 0 Å². The first kappa shape index (κ1) is 20.5. The number of carbonyl (C=O) groups excluding carboxylic acids is 1. The SMILES string of the molecule is CS(=O)(=O)c1ccccc1NC(=O)c1ccc(S(=O)(=O)N2CCOCC2)cc1. The van der Waals surface area contributed by atoms with Crippen LogP contribution in [0.1, 0.15) is 10.4 Å². The molecule has 2 aromatic rings. The van der Waals surface area contributed by atoms with Gasteiger partial charge in [0.1, 0.15) is 0 Å². The molecule has 1 aliphatic rings. The van der Waals surface area contributed by atoms with Crippen molar-refractivity contribution in [1.82, 2.24) is 4.31 Å². The molecular formula is C18H20N2O6S2. The quantitative estimate of drug-likeness (QED) is 0.776. The number of sulfone groups is 1. The van der Waals surface area contributed by atoms with Crippen molar-refractivity contribution in [1.29, 1.82) is 0 Å². The minimum absolute atomic E-state index is 0.00913. The highest BCUT2D eigenvalue weighted by atomic mass is 32.2. The summed E-state index contributed by atoms with van der Waals surface area (Å²) in [5.41, 5.74) is 0.379. The van der Waals surface area contributed by atoms with Crippen molar-refractivity contribution in [3.05, 3.63) is 54.1 Å². The Balaban J connectivity index is 1.80. The average Bonchev–Trinajstić information content (AvgIpc) is 2.68. The van der Waals surface area contributed by atoms with E-state index in [0.717, 1.165) is 6.26 Å². The molecule has 1 N–H and O–H groups in total. The summed E-state index contributed by atoms with van der Waals surface area (Å²) >= 11 is 0. The average molecular weight is 425 g/mol. The van der Waals surface area contributed by atoms with Gasteiger partial charge in [0, 0.05) is 24.9 Å². The molecule has 1 amide bonds. The highest BCUT2D eigenvalue weighted by molar-refractivity contribution is 7.91. The predicted molar refractivity (Wildman–Crippen MR) is 104 cm³/mol. The van der Waals surface area contributed by atoms with Gasteiger partial charge in [-0.1, -0.05) is 12.1 Å².